The molecule has 0 radical (unpaired) electrons. The minimum atomic E-state index is -0.275. The van der Waals surface area contributed by atoms with Crippen LogP contribution in [0.2, 0.25) is 0 Å². The van der Waals surface area contributed by atoms with E-state index >= 15 is 0 Å². The molecule has 1 aromatic carbocycles. The van der Waals surface area contributed by atoms with Gasteiger partial charge in [0.05, 0.1) is 24.5 Å². The Morgan fingerprint density at radius 2 is 2.29 bits per heavy atom. The summed E-state index contributed by atoms with van der Waals surface area (Å²) in [5, 5.41) is 13.2. The number of carbonyl (C=O) groups is 1. The van der Waals surface area contributed by atoms with E-state index < -0.39 is 0 Å². The number of aromatic nitrogens is 1. The summed E-state index contributed by atoms with van der Waals surface area (Å²) in [4.78, 5) is 19.8. The molecule has 24 heavy (non-hydrogen) atoms. The van der Waals surface area contributed by atoms with Crippen LogP contribution in [-0.4, -0.2) is 34.7 Å². The number of carbonyl (C=O) groups excluding carboxylic acids is 1. The molecule has 4 rings (SSSR count). The van der Waals surface area contributed by atoms with Crippen LogP contribution in [0.15, 0.2) is 18.2 Å². The molecule has 0 aliphatic carbocycles. The zero-order chi connectivity index (χ0) is 16.9. The van der Waals surface area contributed by atoms with Gasteiger partial charge in [0.1, 0.15) is 17.2 Å². The van der Waals surface area contributed by atoms with Gasteiger partial charge in [-0.1, -0.05) is 17.4 Å². The Hall–Kier alpha value is -2.12. The molecule has 0 fully saturated rings. The Kier molecular flexibility index (Phi) is 3.51. The lowest BCUT2D eigenvalue weighted by atomic mass is 9.94. The Labute approximate surface area is 144 Å². The smallest absolute Gasteiger partial charge is 0.263 e. The van der Waals surface area contributed by atoms with E-state index in [4.69, 9.17) is 9.72 Å². The lowest BCUT2D eigenvalue weighted by Crippen LogP contribution is -2.48. The molecular formula is C17H19N3O3S. The molecule has 126 valence electrons. The number of hydrogen-bond acceptors (Lipinski definition) is 6. The maximum absolute atomic E-state index is 12.3. The van der Waals surface area contributed by atoms with Crippen LogP contribution in [0.1, 0.15) is 34.8 Å². The summed E-state index contributed by atoms with van der Waals surface area (Å²) in [5.41, 5.74) is 2.29. The fourth-order valence-corrected chi connectivity index (χ4v) is 4.16. The maximum atomic E-state index is 12.3. The average molecular weight is 345 g/mol. The molecule has 0 saturated carbocycles. The van der Waals surface area contributed by atoms with E-state index in [2.05, 4.69) is 10.2 Å². The number of nitrogens with zero attached hydrogens (tertiary/aromatic N) is 2. The van der Waals surface area contributed by atoms with Gasteiger partial charge in [0.25, 0.3) is 5.91 Å². The summed E-state index contributed by atoms with van der Waals surface area (Å²) < 4.78 is 5.71. The fraction of sp³-hybridized carbons (Fsp3) is 0.412. The molecule has 2 aromatic rings. The van der Waals surface area contributed by atoms with Gasteiger partial charge >= 0.3 is 0 Å². The second kappa shape index (κ2) is 5.46. The first kappa shape index (κ1) is 15.4. The molecule has 6 nitrogen and oxygen atoms in total. The number of nitrogens with one attached hydrogen (secondary N) is 1. The maximum Gasteiger partial charge on any atom is 0.263 e. The van der Waals surface area contributed by atoms with E-state index in [1.807, 2.05) is 32.0 Å². The van der Waals surface area contributed by atoms with E-state index in [0.29, 0.717) is 18.0 Å². The van der Waals surface area contributed by atoms with E-state index in [-0.39, 0.29) is 18.1 Å². The number of fused-ring (bicyclic) bond motifs is 2. The van der Waals surface area contributed by atoms with Crippen molar-refractivity contribution in [3.63, 3.8) is 0 Å². The monoisotopic (exact) mass is 345 g/mol. The fourth-order valence-electron chi connectivity index (χ4n) is 3.14. The number of benzene rings is 1. The van der Waals surface area contributed by atoms with Crippen LogP contribution in [-0.2, 0) is 13.0 Å². The van der Waals surface area contributed by atoms with Crippen molar-refractivity contribution in [1.82, 2.24) is 10.3 Å². The lowest BCUT2D eigenvalue weighted by molar-refractivity contribution is 0.0901. The zero-order valence-corrected chi connectivity index (χ0v) is 14.4. The Balaban J connectivity index is 1.76. The number of aliphatic hydroxyl groups is 1. The topological polar surface area (TPSA) is 74.7 Å². The van der Waals surface area contributed by atoms with Gasteiger partial charge in [0, 0.05) is 12.0 Å². The molecule has 1 aromatic heterocycles. The van der Waals surface area contributed by atoms with Gasteiger partial charge in [-0.15, -0.1) is 0 Å². The van der Waals surface area contributed by atoms with Gasteiger partial charge < -0.3 is 20.1 Å². The number of anilines is 2. The summed E-state index contributed by atoms with van der Waals surface area (Å²) in [6, 6.07) is 5.64. The number of ether oxygens (including phenoxy) is 1. The first-order valence-corrected chi connectivity index (χ1v) is 8.75. The molecule has 0 bridgehead atoms. The Bertz CT molecular complexity index is 815. The van der Waals surface area contributed by atoms with Crippen LogP contribution in [0.4, 0.5) is 10.8 Å². The third-order valence-electron chi connectivity index (χ3n) is 4.25. The van der Waals surface area contributed by atoms with E-state index in [1.54, 1.807) is 0 Å². The van der Waals surface area contributed by atoms with Crippen LogP contribution in [0.25, 0.3) is 0 Å². The standard InChI is InChI=1S/C17H19N3O3S/c1-17(2)8-11-14(15(22)19-17)24-16(18-11)20-5-6-23-13-4-3-10(9-21)7-12(13)20/h3-4,7,21H,5-6,8-9H2,1-2H3,(H,19,22). The SMILES string of the molecule is CC1(C)Cc2nc(N3CCOc4ccc(CO)cc43)sc2C(=O)N1. The summed E-state index contributed by atoms with van der Waals surface area (Å²) in [5.74, 6) is 0.721. The van der Waals surface area contributed by atoms with Crippen molar-refractivity contribution in [2.24, 2.45) is 0 Å². The predicted octanol–water partition coefficient (Wildman–Crippen LogP) is 2.23. The molecule has 1 amide bonds. The van der Waals surface area contributed by atoms with Gasteiger partial charge in [0.2, 0.25) is 0 Å². The minimum absolute atomic E-state index is 0.0217. The molecular weight excluding hydrogens is 326 g/mol. The third kappa shape index (κ3) is 2.53. The zero-order valence-electron chi connectivity index (χ0n) is 13.6. The summed E-state index contributed by atoms with van der Waals surface area (Å²) in [7, 11) is 0. The molecule has 0 spiro atoms. The van der Waals surface area contributed by atoms with Gasteiger partial charge in [-0.05, 0) is 31.5 Å². The van der Waals surface area contributed by atoms with Gasteiger partial charge in [-0.2, -0.15) is 0 Å². The normalized spacial score (nSPS) is 18.5. The summed E-state index contributed by atoms with van der Waals surface area (Å²) >= 11 is 1.41. The second-order valence-corrected chi connectivity index (χ2v) is 7.72. The predicted molar refractivity (Wildman–Crippen MR) is 92.2 cm³/mol. The van der Waals surface area contributed by atoms with Crippen LogP contribution in [0.5, 0.6) is 5.75 Å². The Morgan fingerprint density at radius 1 is 1.46 bits per heavy atom. The third-order valence-corrected chi connectivity index (χ3v) is 5.37. The summed E-state index contributed by atoms with van der Waals surface area (Å²) in [6.07, 6.45) is 0.721. The molecule has 2 aliphatic heterocycles. The van der Waals surface area contributed by atoms with E-state index in [1.165, 1.54) is 11.3 Å². The van der Waals surface area contributed by atoms with Crippen molar-refractivity contribution in [2.45, 2.75) is 32.4 Å². The number of hydrogen-bond donors (Lipinski definition) is 2. The Morgan fingerprint density at radius 3 is 3.08 bits per heavy atom. The van der Waals surface area contributed by atoms with Crippen molar-refractivity contribution in [3.8, 4) is 5.75 Å². The molecule has 2 N–H and O–H groups in total. The lowest BCUT2D eigenvalue weighted by Gasteiger charge is -2.29. The van der Waals surface area contributed by atoms with Crippen LogP contribution in [0, 0.1) is 0 Å². The van der Waals surface area contributed by atoms with Crippen molar-refractivity contribution >= 4 is 28.1 Å². The number of aliphatic hydroxyl groups excluding tert-OH is 1. The number of amides is 1. The van der Waals surface area contributed by atoms with Crippen molar-refractivity contribution in [2.75, 3.05) is 18.1 Å². The molecule has 3 heterocycles. The van der Waals surface area contributed by atoms with Gasteiger partial charge in [0.15, 0.2) is 5.13 Å². The van der Waals surface area contributed by atoms with Crippen LogP contribution < -0.4 is 15.0 Å². The molecule has 7 heteroatoms. The van der Waals surface area contributed by atoms with Crippen LogP contribution >= 0.6 is 11.3 Å². The first-order valence-electron chi connectivity index (χ1n) is 7.93. The number of rotatable bonds is 2. The first-order chi connectivity index (χ1) is 11.5. The highest BCUT2D eigenvalue weighted by molar-refractivity contribution is 7.17. The highest BCUT2D eigenvalue weighted by Crippen LogP contribution is 2.41. The number of thiazole rings is 1. The van der Waals surface area contributed by atoms with Crippen LogP contribution in [0.3, 0.4) is 0 Å². The van der Waals surface area contributed by atoms with Gasteiger partial charge in [-0.25, -0.2) is 4.98 Å². The molecule has 0 atom stereocenters. The molecule has 0 saturated heterocycles. The van der Waals surface area contributed by atoms with Crippen molar-refractivity contribution < 1.29 is 14.6 Å². The highest BCUT2D eigenvalue weighted by Gasteiger charge is 2.34. The molecule has 0 unspecified atom stereocenters. The van der Waals surface area contributed by atoms with Gasteiger partial charge in [-0.3, -0.25) is 4.79 Å². The average Bonchev–Trinajstić information content (AvgIpc) is 2.96. The summed E-state index contributed by atoms with van der Waals surface area (Å²) in [6.45, 7) is 5.22. The second-order valence-electron chi connectivity index (χ2n) is 6.75. The largest absolute Gasteiger partial charge is 0.490 e. The van der Waals surface area contributed by atoms with Crippen molar-refractivity contribution in [1.29, 1.82) is 0 Å². The molecule has 2 aliphatic rings. The minimum Gasteiger partial charge on any atom is -0.490 e. The highest BCUT2D eigenvalue weighted by atomic mass is 32.1. The van der Waals surface area contributed by atoms with E-state index in [0.717, 1.165) is 34.2 Å². The van der Waals surface area contributed by atoms with Crippen molar-refractivity contribution in [3.05, 3.63) is 34.3 Å². The van der Waals surface area contributed by atoms with E-state index in [9.17, 15) is 9.90 Å². The quantitative estimate of drug-likeness (QED) is 0.873.